The van der Waals surface area contributed by atoms with Gasteiger partial charge in [-0.15, -0.1) is 0 Å². The summed E-state index contributed by atoms with van der Waals surface area (Å²) in [6, 6.07) is -0.897. The van der Waals surface area contributed by atoms with Gasteiger partial charge in [-0.05, 0) is 24.6 Å². The normalized spacial score (nSPS) is 14.7. The number of nitrogens with one attached hydrogen (secondary N) is 2. The zero-order chi connectivity index (χ0) is 12.8. The average molecular weight is 236 g/mol. The van der Waals surface area contributed by atoms with Crippen LogP contribution in [0.4, 0.5) is 0 Å². The molecule has 5 nitrogen and oxygen atoms in total. The second-order valence-electron chi connectivity index (χ2n) is 3.60. The predicted octanol–water partition coefficient (Wildman–Crippen LogP) is -0.643. The molecule has 0 spiro atoms. The van der Waals surface area contributed by atoms with Gasteiger partial charge in [0, 0.05) is 18.0 Å². The fourth-order valence-corrected chi connectivity index (χ4v) is 1.76. The van der Waals surface area contributed by atoms with E-state index in [2.05, 4.69) is 10.3 Å². The largest absolute Gasteiger partial charge is 0.480 e. The first-order valence-corrected chi connectivity index (χ1v) is 5.35. The van der Waals surface area contributed by atoms with Gasteiger partial charge >= 0.3 is 5.97 Å². The summed E-state index contributed by atoms with van der Waals surface area (Å²) >= 11 is 0. The van der Waals surface area contributed by atoms with Crippen LogP contribution in [-0.4, -0.2) is 28.5 Å². The Labute approximate surface area is 98.8 Å². The Hall–Kier alpha value is -2.04. The third-order valence-corrected chi connectivity index (χ3v) is 2.61. The van der Waals surface area contributed by atoms with Crippen molar-refractivity contribution < 1.29 is 14.7 Å². The topological polar surface area (TPSA) is 82.2 Å². The van der Waals surface area contributed by atoms with Gasteiger partial charge in [-0.1, -0.05) is 12.2 Å². The van der Waals surface area contributed by atoms with Gasteiger partial charge in [-0.25, -0.2) is 4.79 Å². The van der Waals surface area contributed by atoms with Gasteiger partial charge in [0.25, 0.3) is 0 Å². The van der Waals surface area contributed by atoms with Crippen LogP contribution in [0.15, 0.2) is 6.20 Å². The van der Waals surface area contributed by atoms with E-state index < -0.39 is 12.0 Å². The Balaban J connectivity index is 3.06. The van der Waals surface area contributed by atoms with Crippen molar-refractivity contribution in [3.05, 3.63) is 22.3 Å². The van der Waals surface area contributed by atoms with Gasteiger partial charge in [0.15, 0.2) is 0 Å². The average Bonchev–Trinajstić information content (AvgIpc) is 2.70. The third-order valence-electron chi connectivity index (χ3n) is 2.61. The van der Waals surface area contributed by atoms with E-state index in [0.717, 1.165) is 16.1 Å². The van der Waals surface area contributed by atoms with Crippen molar-refractivity contribution in [3.63, 3.8) is 0 Å². The molecule has 0 bridgehead atoms. The van der Waals surface area contributed by atoms with Crippen molar-refractivity contribution >= 4 is 24.5 Å². The van der Waals surface area contributed by atoms with Crippen molar-refractivity contribution in [2.45, 2.75) is 26.3 Å². The number of hydrogen-bond donors (Lipinski definition) is 3. The number of H-pyrrole nitrogens is 1. The minimum absolute atomic E-state index is 0.262. The third kappa shape index (κ3) is 2.96. The quantitative estimate of drug-likeness (QED) is 0.595. The molecule has 0 aliphatic heterocycles. The van der Waals surface area contributed by atoms with Crippen molar-refractivity contribution in [2.75, 3.05) is 0 Å². The molecule has 3 N–H and O–H groups in total. The number of carbonyl (C=O) groups excluding carboxylic acids is 1. The second-order valence-corrected chi connectivity index (χ2v) is 3.60. The van der Waals surface area contributed by atoms with E-state index in [1.807, 2.05) is 26.0 Å². The smallest absolute Gasteiger partial charge is 0.326 e. The predicted molar refractivity (Wildman–Crippen MR) is 64.6 cm³/mol. The highest BCUT2D eigenvalue weighted by atomic mass is 16.4. The Morgan fingerprint density at radius 3 is 2.71 bits per heavy atom. The van der Waals surface area contributed by atoms with Gasteiger partial charge < -0.3 is 15.4 Å². The van der Waals surface area contributed by atoms with Crippen LogP contribution in [0.2, 0.25) is 0 Å². The van der Waals surface area contributed by atoms with Gasteiger partial charge in [0.05, 0.1) is 0 Å². The maximum Gasteiger partial charge on any atom is 0.326 e. The molecule has 5 heteroatoms. The highest BCUT2D eigenvalue weighted by Crippen LogP contribution is 1.96. The van der Waals surface area contributed by atoms with Gasteiger partial charge in [0.1, 0.15) is 6.04 Å². The van der Waals surface area contributed by atoms with E-state index in [9.17, 15) is 9.59 Å². The fourth-order valence-electron chi connectivity index (χ4n) is 1.76. The SMILES string of the molecule is C/C=c1/c(CC(NC=O)C(=O)O)c[nH]/c1=C/C. The first-order chi connectivity index (χ1) is 8.13. The molecule has 1 aromatic heterocycles. The van der Waals surface area contributed by atoms with E-state index >= 15 is 0 Å². The van der Waals surface area contributed by atoms with Crippen LogP contribution in [0.3, 0.4) is 0 Å². The van der Waals surface area contributed by atoms with Crippen molar-refractivity contribution in [2.24, 2.45) is 0 Å². The van der Waals surface area contributed by atoms with Crippen molar-refractivity contribution in [3.8, 4) is 0 Å². The summed E-state index contributed by atoms with van der Waals surface area (Å²) in [4.78, 5) is 24.3. The minimum atomic E-state index is -1.04. The van der Waals surface area contributed by atoms with E-state index in [1.165, 1.54) is 0 Å². The molecule has 17 heavy (non-hydrogen) atoms. The van der Waals surface area contributed by atoms with Crippen molar-refractivity contribution in [1.29, 1.82) is 0 Å². The zero-order valence-corrected chi connectivity index (χ0v) is 9.86. The number of carboxylic acid groups (broad SMARTS) is 1. The van der Waals surface area contributed by atoms with Crippen LogP contribution < -0.4 is 15.9 Å². The highest BCUT2D eigenvalue weighted by molar-refractivity contribution is 5.76. The molecular weight excluding hydrogens is 220 g/mol. The molecule has 0 fully saturated rings. The van der Waals surface area contributed by atoms with Crippen molar-refractivity contribution in [1.82, 2.24) is 10.3 Å². The zero-order valence-electron chi connectivity index (χ0n) is 9.86. The number of aromatic nitrogens is 1. The van der Waals surface area contributed by atoms with Gasteiger partial charge in [-0.2, -0.15) is 0 Å². The summed E-state index contributed by atoms with van der Waals surface area (Å²) in [5.74, 6) is -1.04. The molecule has 1 aromatic rings. The Morgan fingerprint density at radius 2 is 2.24 bits per heavy atom. The van der Waals surface area contributed by atoms with Crippen LogP contribution in [0.5, 0.6) is 0 Å². The lowest BCUT2D eigenvalue weighted by atomic mass is 10.1. The van der Waals surface area contributed by atoms with E-state index in [0.29, 0.717) is 6.41 Å². The summed E-state index contributed by atoms with van der Waals surface area (Å²) in [7, 11) is 0. The lowest BCUT2D eigenvalue weighted by molar-refractivity contribution is -0.140. The summed E-state index contributed by atoms with van der Waals surface area (Å²) in [5, 5.41) is 13.2. The number of aromatic amines is 1. The fraction of sp³-hybridized carbons (Fsp3) is 0.333. The maximum atomic E-state index is 10.9. The maximum absolute atomic E-state index is 10.9. The summed E-state index contributed by atoms with van der Waals surface area (Å²) in [6.45, 7) is 3.80. The lowest BCUT2D eigenvalue weighted by Crippen LogP contribution is -2.39. The molecule has 0 aliphatic carbocycles. The molecule has 1 heterocycles. The Morgan fingerprint density at radius 1 is 1.53 bits per heavy atom. The molecule has 0 saturated carbocycles. The number of amides is 1. The molecule has 1 amide bonds. The van der Waals surface area contributed by atoms with Crippen LogP contribution in [0, 0.1) is 0 Å². The monoisotopic (exact) mass is 236 g/mol. The lowest BCUT2D eigenvalue weighted by Gasteiger charge is -2.09. The molecule has 0 aliphatic rings. The number of carboxylic acids is 1. The van der Waals surface area contributed by atoms with Gasteiger partial charge in [-0.3, -0.25) is 4.79 Å². The van der Waals surface area contributed by atoms with E-state index in [4.69, 9.17) is 5.11 Å². The molecule has 1 atom stereocenters. The molecular formula is C12H16N2O3. The van der Waals surface area contributed by atoms with Crippen LogP contribution in [0.25, 0.3) is 12.2 Å². The molecule has 0 radical (unpaired) electrons. The minimum Gasteiger partial charge on any atom is -0.480 e. The van der Waals surface area contributed by atoms with E-state index in [-0.39, 0.29) is 6.42 Å². The first-order valence-electron chi connectivity index (χ1n) is 5.35. The second kappa shape index (κ2) is 5.89. The van der Waals surface area contributed by atoms with Gasteiger partial charge in [0.2, 0.25) is 6.41 Å². The Kier molecular flexibility index (Phi) is 4.51. The summed E-state index contributed by atoms with van der Waals surface area (Å²) in [6.07, 6.45) is 6.28. The molecule has 0 saturated heterocycles. The van der Waals surface area contributed by atoms with Crippen LogP contribution in [0.1, 0.15) is 19.4 Å². The number of aliphatic carboxylic acids is 1. The number of carbonyl (C=O) groups is 2. The number of hydrogen-bond acceptors (Lipinski definition) is 2. The molecule has 0 aromatic carbocycles. The summed E-state index contributed by atoms with van der Waals surface area (Å²) in [5.41, 5.74) is 0.877. The van der Waals surface area contributed by atoms with Crippen LogP contribution in [-0.2, 0) is 16.0 Å². The summed E-state index contributed by atoms with van der Waals surface area (Å²) < 4.78 is 0. The Bertz CT molecular complexity index is 516. The first kappa shape index (κ1) is 13.0. The molecule has 1 rings (SSSR count). The standard InChI is InChI=1S/C12H16N2O3/c1-3-9-8(6-13-10(9)4-2)5-11(12(16)17)14-7-15/h3-4,6-7,11,13H,5H2,1-2H3,(H,14,15)(H,16,17)/b9-3-,10-4+. The van der Waals surface area contributed by atoms with E-state index in [1.54, 1.807) is 6.20 Å². The van der Waals surface area contributed by atoms with Crippen LogP contribution >= 0.6 is 0 Å². The highest BCUT2D eigenvalue weighted by Gasteiger charge is 2.17. The molecule has 92 valence electrons. The number of rotatable bonds is 5. The molecule has 1 unspecified atom stereocenters.